The second kappa shape index (κ2) is 8.36. The predicted octanol–water partition coefficient (Wildman–Crippen LogP) is 4.77. The van der Waals surface area contributed by atoms with Crippen LogP contribution >= 0.6 is 34.4 Å². The van der Waals surface area contributed by atoms with Crippen molar-refractivity contribution in [1.82, 2.24) is 15.2 Å². The highest BCUT2D eigenvalue weighted by Gasteiger charge is 2.19. The van der Waals surface area contributed by atoms with Crippen LogP contribution in [0, 0.1) is 0 Å². The number of nitrogens with zero attached hydrogens (tertiary/aromatic N) is 3. The summed E-state index contributed by atoms with van der Waals surface area (Å²) in [7, 11) is 1.63. The second-order valence-electron chi connectivity index (χ2n) is 5.88. The van der Waals surface area contributed by atoms with E-state index in [2.05, 4.69) is 20.5 Å². The lowest BCUT2D eigenvalue weighted by atomic mass is 10.1. The van der Waals surface area contributed by atoms with Gasteiger partial charge in [0.05, 0.1) is 18.5 Å². The maximum Gasteiger partial charge on any atom is 0.269 e. The van der Waals surface area contributed by atoms with Gasteiger partial charge in [-0.1, -0.05) is 30.0 Å². The molecule has 0 atom stereocenters. The van der Waals surface area contributed by atoms with Crippen LogP contribution in [0.4, 0.5) is 10.8 Å². The minimum absolute atomic E-state index is 0.305. The number of anilines is 2. The molecule has 0 spiro atoms. The average Bonchev–Trinajstić information content (AvgIpc) is 3.32. The Balaban J connectivity index is 1.61. The lowest BCUT2D eigenvalue weighted by Gasteiger charge is -2.03. The van der Waals surface area contributed by atoms with E-state index in [1.54, 1.807) is 18.9 Å². The fourth-order valence-electron chi connectivity index (χ4n) is 2.68. The van der Waals surface area contributed by atoms with E-state index in [-0.39, 0.29) is 5.91 Å². The number of pyridine rings is 1. The van der Waals surface area contributed by atoms with Crippen LogP contribution in [0.25, 0.3) is 21.5 Å². The number of hydrogen-bond acceptors (Lipinski definition) is 9. The molecule has 0 aliphatic rings. The zero-order chi connectivity index (χ0) is 20.4. The maximum atomic E-state index is 12.7. The van der Waals surface area contributed by atoms with Crippen LogP contribution in [-0.2, 0) is 0 Å². The number of nitrogens with two attached hydrogens (primary N) is 1. The summed E-state index contributed by atoms with van der Waals surface area (Å²) < 4.78 is 6.01. The van der Waals surface area contributed by atoms with Crippen molar-refractivity contribution in [3.8, 4) is 17.0 Å². The molecule has 1 aromatic carbocycles. The summed E-state index contributed by atoms with van der Waals surface area (Å²) in [6, 6.07) is 11.4. The van der Waals surface area contributed by atoms with Crippen LogP contribution in [0.5, 0.6) is 5.75 Å². The van der Waals surface area contributed by atoms with E-state index in [1.807, 2.05) is 43.3 Å². The van der Waals surface area contributed by atoms with E-state index < -0.39 is 0 Å². The molecule has 29 heavy (non-hydrogen) atoms. The van der Waals surface area contributed by atoms with Gasteiger partial charge in [-0.3, -0.25) is 10.1 Å². The summed E-state index contributed by atoms with van der Waals surface area (Å²) >= 11 is 4.19. The van der Waals surface area contributed by atoms with Gasteiger partial charge in [0.25, 0.3) is 5.91 Å². The molecule has 10 heteroatoms. The van der Waals surface area contributed by atoms with Crippen molar-refractivity contribution in [2.45, 2.75) is 11.3 Å². The molecule has 3 N–H and O–H groups in total. The Hall–Kier alpha value is -2.69. The van der Waals surface area contributed by atoms with E-state index in [4.69, 9.17) is 10.5 Å². The number of benzene rings is 1. The first kappa shape index (κ1) is 19.6. The van der Waals surface area contributed by atoms with Crippen molar-refractivity contribution < 1.29 is 9.53 Å². The third kappa shape index (κ3) is 4.04. The number of methoxy groups -OCH3 is 1. The number of thioether (sulfide) groups is 1. The highest BCUT2D eigenvalue weighted by atomic mass is 32.2. The number of hydrogen-bond donors (Lipinski definition) is 2. The first-order valence-electron chi connectivity index (χ1n) is 8.70. The monoisotopic (exact) mass is 443 g/mol. The number of nitrogens with one attached hydrogen (secondary N) is 1. The summed E-state index contributed by atoms with van der Waals surface area (Å²) in [5.41, 5.74) is 8.41. The van der Waals surface area contributed by atoms with Gasteiger partial charge in [-0.25, -0.2) is 4.98 Å². The SMILES string of the molecule is CCSc1nnc(NC(=O)c2sc3nc(-c4ccc(OC)cc4)ccc3c2N)s1. The molecule has 0 saturated heterocycles. The summed E-state index contributed by atoms with van der Waals surface area (Å²) in [6.45, 7) is 2.04. The van der Waals surface area contributed by atoms with Gasteiger partial charge in [0.15, 0.2) is 4.34 Å². The third-order valence-corrected chi connectivity index (χ3v) is 7.05. The van der Waals surface area contributed by atoms with E-state index >= 15 is 0 Å². The minimum atomic E-state index is -0.305. The minimum Gasteiger partial charge on any atom is -0.497 e. The van der Waals surface area contributed by atoms with Crippen LogP contribution in [0.15, 0.2) is 40.7 Å². The quantitative estimate of drug-likeness (QED) is 0.327. The molecular weight excluding hydrogens is 426 g/mol. The van der Waals surface area contributed by atoms with Crippen molar-refractivity contribution in [2.24, 2.45) is 0 Å². The highest BCUT2D eigenvalue weighted by molar-refractivity contribution is 8.01. The number of amides is 1. The molecule has 7 nitrogen and oxygen atoms in total. The van der Waals surface area contributed by atoms with Gasteiger partial charge in [0.1, 0.15) is 15.5 Å². The number of nitrogen functional groups attached to an aromatic ring is 1. The van der Waals surface area contributed by atoms with Crippen LogP contribution in [-0.4, -0.2) is 34.0 Å². The molecule has 4 aromatic rings. The molecule has 0 aliphatic heterocycles. The lowest BCUT2D eigenvalue weighted by molar-refractivity contribution is 0.103. The molecule has 148 valence electrons. The number of thiophene rings is 1. The van der Waals surface area contributed by atoms with Crippen LogP contribution < -0.4 is 15.8 Å². The molecule has 3 heterocycles. The molecule has 0 aliphatic carbocycles. The average molecular weight is 444 g/mol. The molecule has 0 saturated carbocycles. The number of ether oxygens (including phenoxy) is 1. The molecule has 1 amide bonds. The van der Waals surface area contributed by atoms with Gasteiger partial charge < -0.3 is 10.5 Å². The van der Waals surface area contributed by atoms with E-state index in [1.165, 1.54) is 22.7 Å². The van der Waals surface area contributed by atoms with Crippen molar-refractivity contribution in [2.75, 3.05) is 23.9 Å². The number of carbonyl (C=O) groups is 1. The Bertz CT molecular complexity index is 1170. The Morgan fingerprint density at radius 2 is 1.97 bits per heavy atom. The van der Waals surface area contributed by atoms with E-state index in [0.717, 1.165) is 32.5 Å². The zero-order valence-electron chi connectivity index (χ0n) is 15.6. The summed E-state index contributed by atoms with van der Waals surface area (Å²) in [5, 5.41) is 12.0. The predicted molar refractivity (Wildman–Crippen MR) is 120 cm³/mol. The number of rotatable bonds is 6. The molecule has 0 radical (unpaired) electrons. The maximum absolute atomic E-state index is 12.7. The van der Waals surface area contributed by atoms with Crippen LogP contribution in [0.2, 0.25) is 0 Å². The highest BCUT2D eigenvalue weighted by Crippen LogP contribution is 2.35. The van der Waals surface area contributed by atoms with Gasteiger partial charge >= 0.3 is 0 Å². The van der Waals surface area contributed by atoms with Gasteiger partial charge in [-0.05, 0) is 42.2 Å². The topological polar surface area (TPSA) is 103 Å². The number of fused-ring (bicyclic) bond motifs is 1. The summed E-state index contributed by atoms with van der Waals surface area (Å²) in [4.78, 5) is 18.5. The smallest absolute Gasteiger partial charge is 0.269 e. The Labute approximate surface area is 179 Å². The molecule has 0 fully saturated rings. The summed E-state index contributed by atoms with van der Waals surface area (Å²) in [6.07, 6.45) is 0. The van der Waals surface area contributed by atoms with Crippen molar-refractivity contribution in [3.05, 3.63) is 41.3 Å². The van der Waals surface area contributed by atoms with Gasteiger partial charge in [-0.15, -0.1) is 21.5 Å². The Kier molecular flexibility index (Phi) is 5.65. The number of aromatic nitrogens is 3. The zero-order valence-corrected chi connectivity index (χ0v) is 18.1. The molecule has 0 unspecified atom stereocenters. The van der Waals surface area contributed by atoms with E-state index in [0.29, 0.717) is 20.5 Å². The largest absolute Gasteiger partial charge is 0.497 e. The molecular formula is C19H17N5O2S3. The Morgan fingerprint density at radius 1 is 1.17 bits per heavy atom. The molecule has 3 aromatic heterocycles. The third-order valence-electron chi connectivity index (χ3n) is 4.08. The van der Waals surface area contributed by atoms with Gasteiger partial charge in [-0.2, -0.15) is 0 Å². The molecule has 4 rings (SSSR count). The Morgan fingerprint density at radius 3 is 2.69 bits per heavy atom. The fraction of sp³-hybridized carbons (Fsp3) is 0.158. The first-order valence-corrected chi connectivity index (χ1v) is 11.3. The van der Waals surface area contributed by atoms with Crippen LogP contribution in [0.3, 0.4) is 0 Å². The van der Waals surface area contributed by atoms with Crippen molar-refractivity contribution >= 4 is 61.4 Å². The fourth-order valence-corrected chi connectivity index (χ4v) is 5.32. The standard InChI is InChI=1S/C19H17N5O2S3/c1-3-27-19-24-23-18(29-19)22-16(25)15-14(20)12-8-9-13(21-17(12)28-15)10-4-6-11(26-2)7-5-10/h4-9H,3,20H2,1-2H3,(H,22,23,25). The van der Waals surface area contributed by atoms with Crippen LogP contribution in [0.1, 0.15) is 16.6 Å². The lowest BCUT2D eigenvalue weighted by Crippen LogP contribution is -2.11. The number of carbonyl (C=O) groups excluding carboxylic acids is 1. The normalized spacial score (nSPS) is 11.0. The van der Waals surface area contributed by atoms with Gasteiger partial charge in [0, 0.05) is 10.9 Å². The van der Waals surface area contributed by atoms with Crippen molar-refractivity contribution in [3.63, 3.8) is 0 Å². The first-order chi connectivity index (χ1) is 14.1. The van der Waals surface area contributed by atoms with E-state index in [9.17, 15) is 4.79 Å². The molecule has 0 bridgehead atoms. The second-order valence-corrected chi connectivity index (χ2v) is 9.37. The summed E-state index contributed by atoms with van der Waals surface area (Å²) in [5.74, 6) is 1.38. The van der Waals surface area contributed by atoms with Crippen molar-refractivity contribution in [1.29, 1.82) is 0 Å². The van der Waals surface area contributed by atoms with Gasteiger partial charge in [0.2, 0.25) is 5.13 Å².